The van der Waals surface area contributed by atoms with Crippen molar-refractivity contribution in [2.24, 2.45) is 0 Å². The van der Waals surface area contributed by atoms with Crippen molar-refractivity contribution in [2.75, 3.05) is 17.2 Å². The van der Waals surface area contributed by atoms with Crippen LogP contribution in [0.2, 0.25) is 5.02 Å². The van der Waals surface area contributed by atoms with Crippen LogP contribution in [0, 0.1) is 0 Å². The van der Waals surface area contributed by atoms with Crippen LogP contribution >= 0.6 is 11.6 Å². The fourth-order valence-corrected chi connectivity index (χ4v) is 2.18. The van der Waals surface area contributed by atoms with Gasteiger partial charge in [-0.3, -0.25) is 4.98 Å². The molecule has 24 heavy (non-hydrogen) atoms. The number of aromatic nitrogens is 3. The fraction of sp³-hybridized carbons (Fsp3) is 0.118. The molecule has 0 spiro atoms. The number of nitrogens with one attached hydrogen (secondary N) is 2. The van der Waals surface area contributed by atoms with Gasteiger partial charge in [0.25, 0.3) is 0 Å². The van der Waals surface area contributed by atoms with Crippen molar-refractivity contribution < 1.29 is 5.11 Å². The van der Waals surface area contributed by atoms with E-state index in [-0.39, 0.29) is 0 Å². The molecule has 1 atom stereocenters. The molecule has 6 nitrogen and oxygen atoms in total. The second-order valence-corrected chi connectivity index (χ2v) is 5.49. The summed E-state index contributed by atoms with van der Waals surface area (Å²) in [7, 11) is 0. The average molecular weight is 342 g/mol. The van der Waals surface area contributed by atoms with Crippen LogP contribution in [0.5, 0.6) is 0 Å². The van der Waals surface area contributed by atoms with Gasteiger partial charge in [0.2, 0.25) is 5.95 Å². The largest absolute Gasteiger partial charge is 0.385 e. The first-order chi connectivity index (χ1) is 11.7. The minimum atomic E-state index is -0.714. The number of pyridine rings is 1. The molecule has 2 aromatic heterocycles. The number of aliphatic hydroxyl groups excluding tert-OH is 1. The molecule has 0 aliphatic carbocycles. The van der Waals surface area contributed by atoms with Crippen molar-refractivity contribution in [3.05, 3.63) is 71.6 Å². The fourth-order valence-electron chi connectivity index (χ4n) is 2.06. The Balaban J connectivity index is 1.62. The molecule has 0 saturated carbocycles. The van der Waals surface area contributed by atoms with Gasteiger partial charge in [-0.25, -0.2) is 4.98 Å². The highest BCUT2D eigenvalue weighted by atomic mass is 35.5. The van der Waals surface area contributed by atoms with Crippen molar-refractivity contribution in [3.63, 3.8) is 0 Å². The summed E-state index contributed by atoms with van der Waals surface area (Å²) in [5.41, 5.74) is 1.45. The first-order valence-electron chi connectivity index (χ1n) is 7.39. The molecule has 122 valence electrons. The molecule has 0 aliphatic rings. The number of nitrogens with zero attached hydrogens (tertiary/aromatic N) is 3. The average Bonchev–Trinajstić information content (AvgIpc) is 2.63. The van der Waals surface area contributed by atoms with Gasteiger partial charge in [-0.2, -0.15) is 4.98 Å². The minimum Gasteiger partial charge on any atom is -0.385 e. The number of halogens is 1. The molecule has 3 rings (SSSR count). The summed E-state index contributed by atoms with van der Waals surface area (Å²) in [4.78, 5) is 12.7. The van der Waals surface area contributed by atoms with Crippen LogP contribution in [0.15, 0.2) is 60.9 Å². The summed E-state index contributed by atoms with van der Waals surface area (Å²) >= 11 is 5.86. The lowest BCUT2D eigenvalue weighted by molar-refractivity contribution is 0.186. The zero-order chi connectivity index (χ0) is 16.8. The highest BCUT2D eigenvalue weighted by molar-refractivity contribution is 6.30. The summed E-state index contributed by atoms with van der Waals surface area (Å²) in [6.07, 6.45) is 2.58. The van der Waals surface area contributed by atoms with Crippen LogP contribution in [0.4, 0.5) is 17.5 Å². The third-order valence-electron chi connectivity index (χ3n) is 3.26. The maximum atomic E-state index is 10.1. The Hall–Kier alpha value is -2.70. The van der Waals surface area contributed by atoms with Gasteiger partial charge in [0.15, 0.2) is 0 Å². The topological polar surface area (TPSA) is 83.0 Å². The van der Waals surface area contributed by atoms with E-state index in [4.69, 9.17) is 11.6 Å². The van der Waals surface area contributed by atoms with E-state index in [2.05, 4.69) is 25.6 Å². The molecule has 0 fully saturated rings. The smallest absolute Gasteiger partial charge is 0.229 e. The van der Waals surface area contributed by atoms with Crippen molar-refractivity contribution in [3.8, 4) is 0 Å². The molecule has 3 aromatic rings. The van der Waals surface area contributed by atoms with Crippen LogP contribution < -0.4 is 10.6 Å². The van der Waals surface area contributed by atoms with Crippen molar-refractivity contribution >= 4 is 29.1 Å². The molecule has 1 aromatic carbocycles. The molecular weight excluding hydrogens is 326 g/mol. The SMILES string of the molecule is OC(CNc1ccnc(Nc2ccc(Cl)cc2)n1)c1ccccn1. The Morgan fingerprint density at radius 2 is 1.83 bits per heavy atom. The number of anilines is 3. The summed E-state index contributed by atoms with van der Waals surface area (Å²) in [6, 6.07) is 14.4. The lowest BCUT2D eigenvalue weighted by Crippen LogP contribution is -2.14. The van der Waals surface area contributed by atoms with Gasteiger partial charge < -0.3 is 15.7 Å². The van der Waals surface area contributed by atoms with Gasteiger partial charge in [0.05, 0.1) is 5.69 Å². The number of rotatable bonds is 6. The van der Waals surface area contributed by atoms with E-state index in [0.717, 1.165) is 5.69 Å². The van der Waals surface area contributed by atoms with E-state index in [1.807, 2.05) is 24.3 Å². The first-order valence-corrected chi connectivity index (χ1v) is 7.77. The molecule has 0 saturated heterocycles. The number of aliphatic hydroxyl groups is 1. The Kier molecular flexibility index (Phi) is 5.20. The third-order valence-corrected chi connectivity index (χ3v) is 3.51. The molecule has 0 bridgehead atoms. The normalized spacial score (nSPS) is 11.8. The summed E-state index contributed by atoms with van der Waals surface area (Å²) in [5.74, 6) is 1.06. The van der Waals surface area contributed by atoms with Crippen LogP contribution in [0.3, 0.4) is 0 Å². The zero-order valence-electron chi connectivity index (χ0n) is 12.7. The zero-order valence-corrected chi connectivity index (χ0v) is 13.5. The van der Waals surface area contributed by atoms with Crippen LogP contribution in [0.1, 0.15) is 11.8 Å². The summed E-state index contributed by atoms with van der Waals surface area (Å²) in [5, 5.41) is 17.0. The van der Waals surface area contributed by atoms with E-state index in [9.17, 15) is 5.11 Å². The summed E-state index contributed by atoms with van der Waals surface area (Å²) < 4.78 is 0. The monoisotopic (exact) mass is 341 g/mol. The van der Waals surface area contributed by atoms with Gasteiger partial charge in [0.1, 0.15) is 11.9 Å². The maximum absolute atomic E-state index is 10.1. The number of hydrogen-bond acceptors (Lipinski definition) is 6. The van der Waals surface area contributed by atoms with Crippen LogP contribution in [0.25, 0.3) is 0 Å². The predicted octanol–water partition coefficient (Wildman–Crippen LogP) is 3.41. The van der Waals surface area contributed by atoms with E-state index in [1.165, 1.54) is 0 Å². The van der Waals surface area contributed by atoms with Crippen molar-refractivity contribution in [1.29, 1.82) is 0 Å². The van der Waals surface area contributed by atoms with Gasteiger partial charge in [-0.1, -0.05) is 17.7 Å². The number of hydrogen-bond donors (Lipinski definition) is 3. The molecule has 0 aliphatic heterocycles. The van der Waals surface area contributed by atoms with Crippen LogP contribution in [-0.4, -0.2) is 26.6 Å². The third kappa shape index (κ3) is 4.41. The van der Waals surface area contributed by atoms with Crippen molar-refractivity contribution in [2.45, 2.75) is 6.10 Å². The second kappa shape index (κ2) is 7.72. The highest BCUT2D eigenvalue weighted by Crippen LogP contribution is 2.17. The molecule has 1 unspecified atom stereocenters. The molecule has 3 N–H and O–H groups in total. The quantitative estimate of drug-likeness (QED) is 0.637. The maximum Gasteiger partial charge on any atom is 0.229 e. The lowest BCUT2D eigenvalue weighted by Gasteiger charge is -2.12. The van der Waals surface area contributed by atoms with Crippen molar-refractivity contribution in [1.82, 2.24) is 15.0 Å². The highest BCUT2D eigenvalue weighted by Gasteiger charge is 2.08. The van der Waals surface area contributed by atoms with E-state index in [0.29, 0.717) is 29.0 Å². The Labute approximate surface area is 144 Å². The Morgan fingerprint density at radius 1 is 1.00 bits per heavy atom. The lowest BCUT2D eigenvalue weighted by atomic mass is 10.2. The Morgan fingerprint density at radius 3 is 2.58 bits per heavy atom. The van der Waals surface area contributed by atoms with E-state index >= 15 is 0 Å². The predicted molar refractivity (Wildman–Crippen MR) is 94.5 cm³/mol. The molecule has 0 radical (unpaired) electrons. The molecular formula is C17H16ClN5O. The van der Waals surface area contributed by atoms with E-state index < -0.39 is 6.10 Å². The first kappa shape index (κ1) is 16.2. The second-order valence-electron chi connectivity index (χ2n) is 5.05. The van der Waals surface area contributed by atoms with Gasteiger partial charge in [-0.05, 0) is 42.5 Å². The standard InChI is InChI=1S/C17H16ClN5O/c18-12-4-6-13(7-5-12)22-17-20-10-8-16(23-17)21-11-15(24)14-3-1-2-9-19-14/h1-10,15,24H,11H2,(H2,20,21,22,23). The van der Waals surface area contributed by atoms with Gasteiger partial charge in [0, 0.05) is 29.6 Å². The molecule has 2 heterocycles. The minimum absolute atomic E-state index is 0.300. The van der Waals surface area contributed by atoms with Crippen LogP contribution in [-0.2, 0) is 0 Å². The molecule has 7 heteroatoms. The van der Waals surface area contributed by atoms with Gasteiger partial charge in [-0.15, -0.1) is 0 Å². The summed E-state index contributed by atoms with van der Waals surface area (Å²) in [6.45, 7) is 0.300. The number of benzene rings is 1. The Bertz CT molecular complexity index is 782. The van der Waals surface area contributed by atoms with Gasteiger partial charge >= 0.3 is 0 Å². The van der Waals surface area contributed by atoms with E-state index in [1.54, 1.807) is 36.7 Å². The molecule has 0 amide bonds.